The monoisotopic (exact) mass is 514 g/mol. The molecule has 2 aromatic carbocycles. The van der Waals surface area contributed by atoms with Crippen molar-refractivity contribution < 1.29 is 31.1 Å². The molecule has 0 radical (unpaired) electrons. The first-order valence-corrected chi connectivity index (χ1v) is 11.7. The predicted molar refractivity (Wildman–Crippen MR) is 119 cm³/mol. The molecule has 0 unspecified atom stereocenters. The normalized spacial score (nSPS) is 15.7. The van der Waals surface area contributed by atoms with Crippen molar-refractivity contribution >= 4 is 38.9 Å². The van der Waals surface area contributed by atoms with Crippen molar-refractivity contribution in [3.05, 3.63) is 64.7 Å². The highest BCUT2D eigenvalue weighted by molar-refractivity contribution is 7.92. The predicted octanol–water partition coefficient (Wildman–Crippen LogP) is 4.61. The lowest BCUT2D eigenvalue weighted by Crippen LogP contribution is -2.42. The molecule has 3 aromatic rings. The van der Waals surface area contributed by atoms with Crippen LogP contribution in [0, 0.1) is 12.7 Å². The number of nitrogens with one attached hydrogen (secondary N) is 1. The number of ether oxygens (including phenoxy) is 1. The second-order valence-corrected chi connectivity index (χ2v) is 9.77. The van der Waals surface area contributed by atoms with Crippen molar-refractivity contribution in [2.24, 2.45) is 0 Å². The zero-order chi connectivity index (χ0) is 24.8. The molecular formula is C21H18ClF3N4O4S. The molecule has 1 aliphatic heterocycles. The van der Waals surface area contributed by atoms with Crippen LogP contribution in [0.5, 0.6) is 5.75 Å². The summed E-state index contributed by atoms with van der Waals surface area (Å²) < 4.78 is 74.0. The molecule has 0 fully saturated rings. The van der Waals surface area contributed by atoms with E-state index < -0.39 is 34.4 Å². The van der Waals surface area contributed by atoms with Crippen LogP contribution in [0.1, 0.15) is 29.5 Å². The number of nitrogens with zero attached hydrogens (tertiary/aromatic N) is 3. The molecular weight excluding hydrogens is 497 g/mol. The van der Waals surface area contributed by atoms with E-state index in [4.69, 9.17) is 16.3 Å². The molecule has 0 bridgehead atoms. The van der Waals surface area contributed by atoms with Gasteiger partial charge in [0.25, 0.3) is 15.9 Å². The molecule has 0 saturated heterocycles. The molecule has 1 atom stereocenters. The number of rotatable bonds is 5. The highest BCUT2D eigenvalue weighted by atomic mass is 35.5. The molecule has 1 N–H and O–H groups in total. The summed E-state index contributed by atoms with van der Waals surface area (Å²) in [7, 11) is -4.32. The van der Waals surface area contributed by atoms with E-state index in [-0.39, 0.29) is 49.5 Å². The third kappa shape index (κ3) is 4.30. The summed E-state index contributed by atoms with van der Waals surface area (Å²) in [4.78, 5) is 12.2. The lowest BCUT2D eigenvalue weighted by molar-refractivity contribution is 0.0561. The maximum Gasteiger partial charge on any atom is 0.333 e. The second kappa shape index (κ2) is 8.84. The molecule has 2 heterocycles. The van der Waals surface area contributed by atoms with Crippen LogP contribution in [0.2, 0.25) is 5.02 Å². The van der Waals surface area contributed by atoms with Gasteiger partial charge in [0.2, 0.25) is 0 Å². The zero-order valence-electron chi connectivity index (χ0n) is 17.8. The Bertz CT molecular complexity index is 1360. The van der Waals surface area contributed by atoms with E-state index >= 15 is 0 Å². The maximum atomic E-state index is 14.1. The Labute approximate surface area is 197 Å². The molecule has 1 amide bonds. The van der Waals surface area contributed by atoms with Crippen LogP contribution in [0.3, 0.4) is 0 Å². The Kier molecular flexibility index (Phi) is 6.21. The molecule has 0 saturated carbocycles. The molecule has 34 heavy (non-hydrogen) atoms. The van der Waals surface area contributed by atoms with E-state index in [0.717, 1.165) is 16.6 Å². The number of anilines is 2. The number of amides is 1. The minimum atomic E-state index is -4.32. The Morgan fingerprint density at radius 2 is 2.03 bits per heavy atom. The van der Waals surface area contributed by atoms with Gasteiger partial charge in [0, 0.05) is 5.69 Å². The van der Waals surface area contributed by atoms with Crippen LogP contribution >= 0.6 is 11.6 Å². The van der Waals surface area contributed by atoms with Crippen molar-refractivity contribution in [2.75, 3.05) is 16.2 Å². The number of alkyl halides is 2. The van der Waals surface area contributed by atoms with Crippen LogP contribution in [0.15, 0.2) is 47.5 Å². The van der Waals surface area contributed by atoms with Crippen molar-refractivity contribution in [1.29, 1.82) is 0 Å². The fraction of sp³-hybridized carbons (Fsp3) is 0.238. The fourth-order valence-corrected chi connectivity index (χ4v) is 5.50. The standard InChI is InChI=1S/C21H18ClF3N4O4S/c1-11-9-29(34(31,32)18-10-28(21(24)25)27-12(18)2)16-8-13(6-7-17(16)33-11)26-20(30)19-14(22)4-3-5-15(19)23/h3-8,10-11,21H,9H2,1-2H3,(H,26,30)/t11-/m0/s1. The van der Waals surface area contributed by atoms with Gasteiger partial charge < -0.3 is 10.1 Å². The number of hydrogen-bond acceptors (Lipinski definition) is 5. The first-order valence-electron chi connectivity index (χ1n) is 9.91. The zero-order valence-corrected chi connectivity index (χ0v) is 19.4. The summed E-state index contributed by atoms with van der Waals surface area (Å²) in [6.45, 7) is -0.168. The van der Waals surface area contributed by atoms with Crippen LogP contribution in [-0.2, 0) is 10.0 Å². The number of carbonyl (C=O) groups is 1. The largest absolute Gasteiger partial charge is 0.487 e. The van der Waals surface area contributed by atoms with Gasteiger partial charge in [-0.2, -0.15) is 13.9 Å². The van der Waals surface area contributed by atoms with Gasteiger partial charge >= 0.3 is 6.55 Å². The highest BCUT2D eigenvalue weighted by Gasteiger charge is 2.36. The highest BCUT2D eigenvalue weighted by Crippen LogP contribution is 2.39. The second-order valence-electron chi connectivity index (χ2n) is 7.53. The smallest absolute Gasteiger partial charge is 0.333 e. The molecule has 13 heteroatoms. The number of carbonyl (C=O) groups excluding carboxylic acids is 1. The summed E-state index contributed by atoms with van der Waals surface area (Å²) in [5, 5.41) is 5.97. The van der Waals surface area contributed by atoms with Gasteiger partial charge in [-0.3, -0.25) is 9.10 Å². The van der Waals surface area contributed by atoms with E-state index in [2.05, 4.69) is 10.4 Å². The van der Waals surface area contributed by atoms with Crippen LogP contribution < -0.4 is 14.4 Å². The van der Waals surface area contributed by atoms with Gasteiger partial charge in [-0.05, 0) is 44.2 Å². The quantitative estimate of drug-likeness (QED) is 0.537. The van der Waals surface area contributed by atoms with E-state index in [9.17, 15) is 26.4 Å². The SMILES string of the molecule is Cc1nn(C(F)F)cc1S(=O)(=O)N1C[C@H](C)Oc2ccc(NC(=O)c3c(F)cccc3Cl)cc21. The van der Waals surface area contributed by atoms with Gasteiger partial charge in [0.05, 0.1) is 34.7 Å². The number of fused-ring (bicyclic) bond motifs is 1. The van der Waals surface area contributed by atoms with Crippen molar-refractivity contribution in [2.45, 2.75) is 31.4 Å². The van der Waals surface area contributed by atoms with Gasteiger partial charge in [-0.15, -0.1) is 0 Å². The summed E-state index contributed by atoms with van der Waals surface area (Å²) in [5.41, 5.74) is -0.257. The topological polar surface area (TPSA) is 93.5 Å². The Hall–Kier alpha value is -3.25. The molecule has 8 nitrogen and oxygen atoms in total. The number of sulfonamides is 1. The Morgan fingerprint density at radius 1 is 1.29 bits per heavy atom. The lowest BCUT2D eigenvalue weighted by Gasteiger charge is -2.34. The van der Waals surface area contributed by atoms with Crippen LogP contribution in [0.25, 0.3) is 0 Å². The van der Waals surface area contributed by atoms with Gasteiger partial charge in [0.15, 0.2) is 0 Å². The fourth-order valence-electron chi connectivity index (χ4n) is 3.55. The van der Waals surface area contributed by atoms with Crippen LogP contribution in [-0.4, -0.2) is 36.8 Å². The number of benzene rings is 2. The van der Waals surface area contributed by atoms with E-state index in [1.54, 1.807) is 6.92 Å². The minimum absolute atomic E-state index is 0.0692. The molecule has 0 aliphatic carbocycles. The first-order chi connectivity index (χ1) is 16.0. The summed E-state index contributed by atoms with van der Waals surface area (Å²) in [6.07, 6.45) is 0.214. The molecule has 180 valence electrons. The number of aryl methyl sites for hydroxylation is 1. The average molecular weight is 515 g/mol. The first kappa shape index (κ1) is 23.9. The van der Waals surface area contributed by atoms with E-state index in [1.807, 2.05) is 0 Å². The van der Waals surface area contributed by atoms with Gasteiger partial charge in [0.1, 0.15) is 22.6 Å². The Morgan fingerprint density at radius 3 is 2.68 bits per heavy atom. The van der Waals surface area contributed by atoms with Crippen molar-refractivity contribution in [3.63, 3.8) is 0 Å². The maximum absolute atomic E-state index is 14.1. The summed E-state index contributed by atoms with van der Waals surface area (Å²) >= 11 is 5.94. The molecule has 0 spiro atoms. The summed E-state index contributed by atoms with van der Waals surface area (Å²) in [6, 6.07) is 8.03. The molecule has 1 aromatic heterocycles. The number of hydrogen-bond donors (Lipinski definition) is 1. The number of halogens is 4. The van der Waals surface area contributed by atoms with E-state index in [1.165, 1.54) is 37.3 Å². The average Bonchev–Trinajstić information content (AvgIpc) is 3.16. The van der Waals surface area contributed by atoms with Crippen LogP contribution in [0.4, 0.5) is 24.5 Å². The van der Waals surface area contributed by atoms with Crippen molar-refractivity contribution in [3.8, 4) is 5.75 Å². The third-order valence-electron chi connectivity index (χ3n) is 5.07. The molecule has 1 aliphatic rings. The number of aromatic nitrogens is 2. The molecule has 4 rings (SSSR count). The van der Waals surface area contributed by atoms with E-state index in [0.29, 0.717) is 0 Å². The summed E-state index contributed by atoms with van der Waals surface area (Å²) in [5.74, 6) is -1.46. The Balaban J connectivity index is 1.73. The van der Waals surface area contributed by atoms with Crippen molar-refractivity contribution in [1.82, 2.24) is 9.78 Å². The van der Waals surface area contributed by atoms with Gasteiger partial charge in [-0.1, -0.05) is 17.7 Å². The van der Waals surface area contributed by atoms with Gasteiger partial charge in [-0.25, -0.2) is 17.5 Å². The minimum Gasteiger partial charge on any atom is -0.487 e. The lowest BCUT2D eigenvalue weighted by atomic mass is 10.1. The third-order valence-corrected chi connectivity index (χ3v) is 7.26.